The van der Waals surface area contributed by atoms with Crippen molar-refractivity contribution >= 4 is 29.9 Å². The van der Waals surface area contributed by atoms with Crippen molar-refractivity contribution < 1.29 is 9.84 Å². The Morgan fingerprint density at radius 3 is 2.68 bits per heavy atom. The molecule has 0 saturated carbocycles. The van der Waals surface area contributed by atoms with Gasteiger partial charge >= 0.3 is 0 Å². The van der Waals surface area contributed by atoms with Gasteiger partial charge in [0.25, 0.3) is 0 Å². The number of hydrogen-bond donors (Lipinski definition) is 2. The third-order valence-corrected chi connectivity index (χ3v) is 4.05. The summed E-state index contributed by atoms with van der Waals surface area (Å²) in [5, 5.41) is 13.1. The average Bonchev–Trinajstić information content (AvgIpc) is 2.52. The second-order valence-electron chi connectivity index (χ2n) is 5.79. The minimum absolute atomic E-state index is 0. The molecule has 1 aliphatic rings. The van der Waals surface area contributed by atoms with Crippen LogP contribution in [0.15, 0.2) is 17.6 Å². The lowest BCUT2D eigenvalue weighted by molar-refractivity contribution is -0.0107. The number of nitrogens with one attached hydrogen (secondary N) is 1. The van der Waals surface area contributed by atoms with E-state index in [-0.39, 0.29) is 36.0 Å². The first kappa shape index (κ1) is 21.7. The van der Waals surface area contributed by atoms with E-state index in [9.17, 15) is 5.11 Å². The van der Waals surface area contributed by atoms with Gasteiger partial charge in [-0.2, -0.15) is 0 Å². The maximum absolute atomic E-state index is 9.73. The number of halogens is 1. The van der Waals surface area contributed by atoms with E-state index < -0.39 is 0 Å². The van der Waals surface area contributed by atoms with E-state index in [0.717, 1.165) is 57.9 Å². The maximum atomic E-state index is 9.73. The van der Waals surface area contributed by atoms with Crippen LogP contribution in [0.1, 0.15) is 32.6 Å². The lowest BCUT2D eigenvalue weighted by Crippen LogP contribution is -2.42. The Morgan fingerprint density at radius 2 is 2.14 bits per heavy atom. The lowest BCUT2D eigenvalue weighted by atomic mass is 9.81. The van der Waals surface area contributed by atoms with Crippen LogP contribution >= 0.6 is 24.0 Å². The van der Waals surface area contributed by atoms with E-state index in [1.54, 1.807) is 0 Å². The highest BCUT2D eigenvalue weighted by Gasteiger charge is 2.32. The van der Waals surface area contributed by atoms with Gasteiger partial charge < -0.3 is 20.1 Å². The van der Waals surface area contributed by atoms with E-state index in [0.29, 0.717) is 6.54 Å². The molecular weight excluding hydrogens is 393 g/mol. The Bertz CT molecular complexity index is 331. The van der Waals surface area contributed by atoms with Crippen molar-refractivity contribution in [2.45, 2.75) is 32.6 Å². The molecule has 1 aliphatic heterocycles. The van der Waals surface area contributed by atoms with Gasteiger partial charge in [-0.3, -0.25) is 4.99 Å². The van der Waals surface area contributed by atoms with E-state index >= 15 is 0 Å². The number of aliphatic imine (C=N–C) groups is 1. The van der Waals surface area contributed by atoms with Crippen molar-refractivity contribution in [3.63, 3.8) is 0 Å². The van der Waals surface area contributed by atoms with Crippen molar-refractivity contribution in [1.29, 1.82) is 0 Å². The number of nitrogens with zero attached hydrogens (tertiary/aromatic N) is 2. The van der Waals surface area contributed by atoms with Gasteiger partial charge in [-0.05, 0) is 32.6 Å². The second kappa shape index (κ2) is 12.1. The van der Waals surface area contributed by atoms with Gasteiger partial charge in [0, 0.05) is 38.8 Å². The molecule has 130 valence electrons. The summed E-state index contributed by atoms with van der Waals surface area (Å²) in [6, 6.07) is 0. The molecule has 0 aliphatic carbocycles. The monoisotopic (exact) mass is 425 g/mol. The molecule has 1 fully saturated rings. The standard InChI is InChI=1S/C16H31N3O2.HI/c1-4-6-7-10-19(3)15(17-5-2)18-13-16(14-20)8-11-21-12-9-16;/h4,20H,1,5-14H2,2-3H3,(H,17,18);1H. The van der Waals surface area contributed by atoms with Crippen molar-refractivity contribution in [1.82, 2.24) is 10.2 Å². The Kier molecular flexibility index (Phi) is 11.9. The summed E-state index contributed by atoms with van der Waals surface area (Å²) >= 11 is 0. The van der Waals surface area contributed by atoms with Crippen LogP contribution in [-0.4, -0.2) is 62.5 Å². The number of guanidine groups is 1. The van der Waals surface area contributed by atoms with Gasteiger partial charge in [0.2, 0.25) is 0 Å². The van der Waals surface area contributed by atoms with Crippen LogP contribution in [0.25, 0.3) is 0 Å². The van der Waals surface area contributed by atoms with E-state index in [1.807, 2.05) is 6.08 Å². The highest BCUT2D eigenvalue weighted by atomic mass is 127. The molecule has 0 amide bonds. The smallest absolute Gasteiger partial charge is 0.193 e. The summed E-state index contributed by atoms with van der Waals surface area (Å²) in [4.78, 5) is 6.90. The van der Waals surface area contributed by atoms with Crippen LogP contribution in [0.5, 0.6) is 0 Å². The zero-order valence-corrected chi connectivity index (χ0v) is 16.3. The summed E-state index contributed by atoms with van der Waals surface area (Å²) in [6.07, 6.45) is 5.80. The third kappa shape index (κ3) is 7.28. The number of unbranched alkanes of at least 4 members (excludes halogenated alkanes) is 1. The Balaban J connectivity index is 0.00000441. The Morgan fingerprint density at radius 1 is 1.45 bits per heavy atom. The largest absolute Gasteiger partial charge is 0.396 e. The molecule has 0 unspecified atom stereocenters. The van der Waals surface area contributed by atoms with Crippen LogP contribution in [0.2, 0.25) is 0 Å². The fourth-order valence-electron chi connectivity index (χ4n) is 2.46. The number of aliphatic hydroxyl groups excluding tert-OH is 1. The molecule has 1 heterocycles. The van der Waals surface area contributed by atoms with Crippen LogP contribution in [0.4, 0.5) is 0 Å². The summed E-state index contributed by atoms with van der Waals surface area (Å²) in [7, 11) is 2.06. The minimum Gasteiger partial charge on any atom is -0.396 e. The molecule has 6 heteroatoms. The van der Waals surface area contributed by atoms with Crippen LogP contribution in [0, 0.1) is 5.41 Å². The maximum Gasteiger partial charge on any atom is 0.193 e. The quantitative estimate of drug-likeness (QED) is 0.206. The molecular formula is C16H32IN3O2. The molecule has 0 atom stereocenters. The average molecular weight is 425 g/mol. The molecule has 5 nitrogen and oxygen atoms in total. The number of aliphatic hydroxyl groups is 1. The summed E-state index contributed by atoms with van der Waals surface area (Å²) < 4.78 is 5.40. The number of ether oxygens (including phenoxy) is 1. The minimum atomic E-state index is -0.110. The summed E-state index contributed by atoms with van der Waals surface area (Å²) in [5.74, 6) is 0.917. The molecule has 0 bridgehead atoms. The van der Waals surface area contributed by atoms with Gasteiger partial charge in [-0.15, -0.1) is 30.6 Å². The second-order valence-corrected chi connectivity index (χ2v) is 5.79. The number of allylic oxidation sites excluding steroid dienone is 1. The SMILES string of the molecule is C=CCCCN(C)C(=NCC1(CO)CCOCC1)NCC.I. The van der Waals surface area contributed by atoms with Crippen LogP contribution in [0.3, 0.4) is 0 Å². The van der Waals surface area contributed by atoms with E-state index in [1.165, 1.54) is 0 Å². The van der Waals surface area contributed by atoms with Gasteiger partial charge in [0.1, 0.15) is 0 Å². The normalized spacial score (nSPS) is 17.5. The zero-order chi connectivity index (χ0) is 15.6. The highest BCUT2D eigenvalue weighted by molar-refractivity contribution is 14.0. The van der Waals surface area contributed by atoms with Crippen molar-refractivity contribution in [2.75, 3.05) is 46.5 Å². The fourth-order valence-corrected chi connectivity index (χ4v) is 2.46. The topological polar surface area (TPSA) is 57.1 Å². The van der Waals surface area contributed by atoms with Crippen molar-refractivity contribution in [3.8, 4) is 0 Å². The van der Waals surface area contributed by atoms with Crippen LogP contribution in [-0.2, 0) is 4.74 Å². The van der Waals surface area contributed by atoms with Gasteiger partial charge in [-0.1, -0.05) is 6.08 Å². The summed E-state index contributed by atoms with van der Waals surface area (Å²) in [5.41, 5.74) is -0.110. The predicted octanol–water partition coefficient (Wildman–Crippen LogP) is 2.26. The van der Waals surface area contributed by atoms with Gasteiger partial charge in [0.15, 0.2) is 5.96 Å². The molecule has 0 radical (unpaired) electrons. The molecule has 0 aromatic heterocycles. The van der Waals surface area contributed by atoms with Crippen molar-refractivity contribution in [3.05, 3.63) is 12.7 Å². The molecule has 22 heavy (non-hydrogen) atoms. The lowest BCUT2D eigenvalue weighted by Gasteiger charge is -2.34. The molecule has 0 aromatic carbocycles. The first-order chi connectivity index (χ1) is 10.2. The fraction of sp³-hybridized carbons (Fsp3) is 0.812. The van der Waals surface area contributed by atoms with Gasteiger partial charge in [0.05, 0.1) is 13.2 Å². The van der Waals surface area contributed by atoms with E-state index in [4.69, 9.17) is 9.73 Å². The zero-order valence-electron chi connectivity index (χ0n) is 14.0. The first-order valence-electron chi connectivity index (χ1n) is 7.96. The van der Waals surface area contributed by atoms with Crippen molar-refractivity contribution in [2.24, 2.45) is 10.4 Å². The first-order valence-corrected chi connectivity index (χ1v) is 7.96. The molecule has 0 aromatic rings. The molecule has 2 N–H and O–H groups in total. The Hall–Kier alpha value is -0.340. The Labute approximate surface area is 152 Å². The molecule has 0 spiro atoms. The predicted molar refractivity (Wildman–Crippen MR) is 103 cm³/mol. The number of hydrogen-bond acceptors (Lipinski definition) is 3. The molecule has 1 saturated heterocycles. The number of rotatable bonds is 8. The van der Waals surface area contributed by atoms with Gasteiger partial charge in [-0.25, -0.2) is 0 Å². The van der Waals surface area contributed by atoms with Crippen LogP contribution < -0.4 is 5.32 Å². The highest BCUT2D eigenvalue weighted by Crippen LogP contribution is 2.30. The third-order valence-electron chi connectivity index (χ3n) is 4.05. The van der Waals surface area contributed by atoms with E-state index in [2.05, 4.69) is 30.8 Å². The molecule has 1 rings (SSSR count). The summed E-state index contributed by atoms with van der Waals surface area (Å²) in [6.45, 7) is 9.91.